The minimum Gasteiger partial charge on any atom is -0.393 e. The molecule has 1 N–H and O–H groups in total. The molecule has 0 saturated carbocycles. The number of hydrogen-bond donors (Lipinski definition) is 1. The van der Waals surface area contributed by atoms with Crippen molar-refractivity contribution in [2.45, 2.75) is 25.4 Å². The van der Waals surface area contributed by atoms with Gasteiger partial charge >= 0.3 is 0 Å². The van der Waals surface area contributed by atoms with Crippen LogP contribution >= 0.6 is 0 Å². The maximum atomic E-state index is 9.66. The summed E-state index contributed by atoms with van der Waals surface area (Å²) in [5.41, 5.74) is 1.90. The zero-order valence-electron chi connectivity index (χ0n) is 8.82. The molecule has 0 aromatic heterocycles. The Bertz CT molecular complexity index is 345. The quantitative estimate of drug-likeness (QED) is 0.724. The third kappa shape index (κ3) is 4.49. The molecule has 1 aromatic rings. The molecule has 1 aromatic carbocycles. The zero-order valence-corrected chi connectivity index (χ0v) is 8.82. The van der Waals surface area contributed by atoms with Gasteiger partial charge in [-0.1, -0.05) is 42.8 Å². The molecule has 1 heteroatoms. The van der Waals surface area contributed by atoms with E-state index in [0.29, 0.717) is 12.0 Å². The van der Waals surface area contributed by atoms with Crippen molar-refractivity contribution in [1.29, 1.82) is 0 Å². The molecule has 0 radical (unpaired) electrons. The van der Waals surface area contributed by atoms with Crippen LogP contribution in [0.5, 0.6) is 0 Å². The van der Waals surface area contributed by atoms with Crippen molar-refractivity contribution < 1.29 is 5.11 Å². The van der Waals surface area contributed by atoms with Crippen molar-refractivity contribution in [2.75, 3.05) is 0 Å². The molecule has 15 heavy (non-hydrogen) atoms. The molecule has 0 amide bonds. The highest BCUT2D eigenvalue weighted by atomic mass is 16.3. The van der Waals surface area contributed by atoms with Gasteiger partial charge in [0, 0.05) is 6.42 Å². The summed E-state index contributed by atoms with van der Waals surface area (Å²) in [4.78, 5) is 0. The number of aliphatic hydroxyl groups excluding tert-OH is 1. The van der Waals surface area contributed by atoms with E-state index in [0.717, 1.165) is 12.8 Å². The Kier molecular flexibility index (Phi) is 4.66. The Balaban J connectivity index is 2.32. The van der Waals surface area contributed by atoms with Gasteiger partial charge in [0.25, 0.3) is 0 Å². The summed E-state index contributed by atoms with van der Waals surface area (Å²) in [5.74, 6) is 2.44. The first-order valence-electron chi connectivity index (χ1n) is 5.08. The average Bonchev–Trinajstić information content (AvgIpc) is 2.27. The summed E-state index contributed by atoms with van der Waals surface area (Å²) in [6.45, 7) is 3.67. The van der Waals surface area contributed by atoms with Crippen LogP contribution in [0.2, 0.25) is 0 Å². The Morgan fingerprint density at radius 1 is 1.40 bits per heavy atom. The maximum Gasteiger partial charge on any atom is 0.0589 e. The van der Waals surface area contributed by atoms with E-state index in [1.54, 1.807) is 0 Å². The van der Waals surface area contributed by atoms with Gasteiger partial charge in [-0.3, -0.25) is 0 Å². The Hall–Kier alpha value is -1.52. The molecule has 0 spiro atoms. The van der Waals surface area contributed by atoms with E-state index >= 15 is 0 Å². The third-order valence-corrected chi connectivity index (χ3v) is 2.30. The first-order chi connectivity index (χ1) is 7.22. The lowest BCUT2D eigenvalue weighted by atomic mass is 10.0. The number of terminal acetylenes is 1. The first kappa shape index (κ1) is 11.6. The van der Waals surface area contributed by atoms with E-state index in [2.05, 4.69) is 24.6 Å². The molecule has 0 bridgehead atoms. The molecule has 1 atom stereocenters. The molecule has 0 fully saturated rings. The second-order valence-corrected chi connectivity index (χ2v) is 3.63. The van der Waals surface area contributed by atoms with Crippen LogP contribution in [0.3, 0.4) is 0 Å². The van der Waals surface area contributed by atoms with Crippen molar-refractivity contribution in [3.63, 3.8) is 0 Å². The summed E-state index contributed by atoms with van der Waals surface area (Å²) in [6.07, 6.45) is 6.89. The van der Waals surface area contributed by atoms with Crippen LogP contribution in [-0.4, -0.2) is 11.2 Å². The largest absolute Gasteiger partial charge is 0.393 e. The highest BCUT2D eigenvalue weighted by molar-refractivity contribution is 5.22. The lowest BCUT2D eigenvalue weighted by molar-refractivity contribution is 0.166. The Morgan fingerprint density at radius 2 is 2.07 bits per heavy atom. The van der Waals surface area contributed by atoms with Gasteiger partial charge in [-0.2, -0.15) is 0 Å². The average molecular weight is 200 g/mol. The topological polar surface area (TPSA) is 20.2 Å². The maximum absolute atomic E-state index is 9.66. The molecule has 0 aliphatic heterocycles. The van der Waals surface area contributed by atoms with E-state index in [1.165, 1.54) is 5.56 Å². The van der Waals surface area contributed by atoms with Gasteiger partial charge in [0.2, 0.25) is 0 Å². The van der Waals surface area contributed by atoms with E-state index < -0.39 is 0 Å². The van der Waals surface area contributed by atoms with Gasteiger partial charge in [-0.15, -0.1) is 6.42 Å². The summed E-state index contributed by atoms with van der Waals surface area (Å²) >= 11 is 0. The highest BCUT2D eigenvalue weighted by Gasteiger charge is 2.05. The molecule has 0 aliphatic carbocycles. The lowest BCUT2D eigenvalue weighted by Crippen LogP contribution is -2.08. The zero-order chi connectivity index (χ0) is 11.1. The first-order valence-corrected chi connectivity index (χ1v) is 5.08. The monoisotopic (exact) mass is 200 g/mol. The van der Waals surface area contributed by atoms with Crippen molar-refractivity contribution in [1.82, 2.24) is 0 Å². The van der Waals surface area contributed by atoms with Crippen LogP contribution in [0.25, 0.3) is 0 Å². The SMILES string of the molecule is C#CC(=C)CC(O)CCc1ccccc1. The molecule has 1 nitrogen and oxygen atoms in total. The molecule has 0 aliphatic rings. The predicted octanol–water partition coefficient (Wildman–Crippen LogP) is 2.56. The fourth-order valence-corrected chi connectivity index (χ4v) is 1.42. The molecule has 78 valence electrons. The molecular weight excluding hydrogens is 184 g/mol. The van der Waals surface area contributed by atoms with E-state index in [4.69, 9.17) is 6.42 Å². The van der Waals surface area contributed by atoms with Gasteiger partial charge in [0.05, 0.1) is 6.10 Å². The summed E-state index contributed by atoms with van der Waals surface area (Å²) < 4.78 is 0. The van der Waals surface area contributed by atoms with Crippen LogP contribution in [-0.2, 0) is 6.42 Å². The molecule has 1 rings (SSSR count). The fraction of sp³-hybridized carbons (Fsp3) is 0.286. The van der Waals surface area contributed by atoms with Gasteiger partial charge in [0.15, 0.2) is 0 Å². The number of aryl methyl sites for hydroxylation is 1. The van der Waals surface area contributed by atoms with Crippen LogP contribution in [0, 0.1) is 12.3 Å². The minimum atomic E-state index is -0.381. The normalized spacial score (nSPS) is 11.7. The van der Waals surface area contributed by atoms with Crippen molar-refractivity contribution >= 4 is 0 Å². The predicted molar refractivity (Wildman–Crippen MR) is 63.4 cm³/mol. The molecular formula is C14H16O. The summed E-state index contributed by atoms with van der Waals surface area (Å²) in [5, 5.41) is 9.66. The van der Waals surface area contributed by atoms with Gasteiger partial charge in [-0.05, 0) is 24.0 Å². The number of benzene rings is 1. The third-order valence-electron chi connectivity index (χ3n) is 2.30. The van der Waals surface area contributed by atoms with Crippen molar-refractivity contribution in [2.24, 2.45) is 0 Å². The number of rotatable bonds is 5. The summed E-state index contributed by atoms with van der Waals surface area (Å²) in [6, 6.07) is 10.1. The lowest BCUT2D eigenvalue weighted by Gasteiger charge is -2.09. The molecule has 0 heterocycles. The Labute approximate surface area is 91.5 Å². The second-order valence-electron chi connectivity index (χ2n) is 3.63. The van der Waals surface area contributed by atoms with Crippen molar-refractivity contribution in [3.05, 3.63) is 48.0 Å². The molecule has 1 unspecified atom stereocenters. The van der Waals surface area contributed by atoms with Crippen LogP contribution in [0.1, 0.15) is 18.4 Å². The van der Waals surface area contributed by atoms with E-state index in [-0.39, 0.29) is 6.10 Å². The number of aliphatic hydroxyl groups is 1. The van der Waals surface area contributed by atoms with Gasteiger partial charge < -0.3 is 5.11 Å². The van der Waals surface area contributed by atoms with Crippen LogP contribution in [0.4, 0.5) is 0 Å². The smallest absolute Gasteiger partial charge is 0.0589 e. The minimum absolute atomic E-state index is 0.381. The Morgan fingerprint density at radius 3 is 2.67 bits per heavy atom. The molecule has 0 saturated heterocycles. The van der Waals surface area contributed by atoms with E-state index in [9.17, 15) is 5.11 Å². The standard InChI is InChI=1S/C14H16O/c1-3-12(2)11-14(15)10-9-13-7-5-4-6-8-13/h1,4-8,14-15H,2,9-11H2. The summed E-state index contributed by atoms with van der Waals surface area (Å²) in [7, 11) is 0. The number of hydrogen-bond acceptors (Lipinski definition) is 1. The van der Waals surface area contributed by atoms with Crippen LogP contribution in [0.15, 0.2) is 42.5 Å². The van der Waals surface area contributed by atoms with Crippen LogP contribution < -0.4 is 0 Å². The van der Waals surface area contributed by atoms with E-state index in [1.807, 2.05) is 18.2 Å². The van der Waals surface area contributed by atoms with Gasteiger partial charge in [0.1, 0.15) is 0 Å². The fourth-order valence-electron chi connectivity index (χ4n) is 1.42. The second kappa shape index (κ2) is 6.06. The highest BCUT2D eigenvalue weighted by Crippen LogP contribution is 2.10. The van der Waals surface area contributed by atoms with Crippen molar-refractivity contribution in [3.8, 4) is 12.3 Å². The van der Waals surface area contributed by atoms with Gasteiger partial charge in [-0.25, -0.2) is 0 Å².